The van der Waals surface area contributed by atoms with Crippen molar-refractivity contribution >= 4 is 11.7 Å². The Hall–Kier alpha value is -3.28. The number of rotatable bonds is 5. The highest BCUT2D eigenvalue weighted by Crippen LogP contribution is 2.42. The quantitative estimate of drug-likeness (QED) is 0.732. The Bertz CT molecular complexity index is 1030. The maximum Gasteiger partial charge on any atom is 0.226 e. The maximum atomic E-state index is 12.5. The number of methoxy groups -OCH3 is 2. The van der Waals surface area contributed by atoms with E-state index >= 15 is 0 Å². The van der Waals surface area contributed by atoms with Crippen LogP contribution >= 0.6 is 0 Å². The minimum atomic E-state index is -0.132. The van der Waals surface area contributed by atoms with Crippen molar-refractivity contribution in [2.75, 3.05) is 19.5 Å². The molecule has 1 aliphatic rings. The summed E-state index contributed by atoms with van der Waals surface area (Å²) < 4.78 is 12.7. The van der Waals surface area contributed by atoms with Crippen LogP contribution in [0.3, 0.4) is 0 Å². The average molecular weight is 377 g/mol. The maximum absolute atomic E-state index is 12.5. The molecule has 1 aromatic heterocycles. The van der Waals surface area contributed by atoms with Gasteiger partial charge in [0.25, 0.3) is 0 Å². The van der Waals surface area contributed by atoms with Crippen molar-refractivity contribution < 1.29 is 14.3 Å². The first-order chi connectivity index (χ1) is 13.6. The number of anilines is 1. The third-order valence-electron chi connectivity index (χ3n) is 5.20. The molecule has 0 fully saturated rings. The lowest BCUT2D eigenvalue weighted by atomic mass is 9.86. The molecule has 4 rings (SSSR count). The van der Waals surface area contributed by atoms with Crippen molar-refractivity contribution in [1.82, 2.24) is 9.78 Å². The van der Waals surface area contributed by atoms with Crippen LogP contribution in [0.15, 0.2) is 48.7 Å². The molecule has 6 nitrogen and oxygen atoms in total. The van der Waals surface area contributed by atoms with Crippen LogP contribution in [-0.4, -0.2) is 29.9 Å². The fourth-order valence-electron chi connectivity index (χ4n) is 3.71. The molecule has 0 saturated carbocycles. The lowest BCUT2D eigenvalue weighted by Crippen LogP contribution is -2.24. The van der Waals surface area contributed by atoms with Crippen molar-refractivity contribution in [3.63, 3.8) is 0 Å². The second kappa shape index (κ2) is 7.38. The number of hydrogen-bond acceptors (Lipinski definition) is 4. The van der Waals surface area contributed by atoms with Crippen molar-refractivity contribution in [2.24, 2.45) is 0 Å². The van der Waals surface area contributed by atoms with Gasteiger partial charge in [-0.1, -0.05) is 25.1 Å². The first-order valence-corrected chi connectivity index (χ1v) is 9.33. The molecule has 0 radical (unpaired) electrons. The summed E-state index contributed by atoms with van der Waals surface area (Å²) in [4.78, 5) is 12.5. The molecule has 1 unspecified atom stereocenters. The van der Waals surface area contributed by atoms with Crippen LogP contribution in [0, 0.1) is 0 Å². The predicted molar refractivity (Wildman–Crippen MR) is 108 cm³/mol. The van der Waals surface area contributed by atoms with E-state index in [2.05, 4.69) is 29.5 Å². The number of carbonyl (C=O) groups excluding carboxylic acids is 1. The molecular formula is C22H23N3O3. The van der Waals surface area contributed by atoms with Crippen molar-refractivity contribution in [1.29, 1.82) is 0 Å². The number of hydrogen-bond donors (Lipinski definition) is 1. The Kier molecular flexibility index (Phi) is 4.77. The Balaban J connectivity index is 1.81. The molecule has 2 aromatic carbocycles. The molecule has 0 bridgehead atoms. The van der Waals surface area contributed by atoms with E-state index in [1.807, 2.05) is 36.5 Å². The van der Waals surface area contributed by atoms with Gasteiger partial charge >= 0.3 is 0 Å². The zero-order chi connectivity index (χ0) is 19.7. The van der Waals surface area contributed by atoms with Gasteiger partial charge in [-0.25, -0.2) is 4.68 Å². The summed E-state index contributed by atoms with van der Waals surface area (Å²) in [6.07, 6.45) is 3.12. The smallest absolute Gasteiger partial charge is 0.226 e. The second-order valence-corrected chi connectivity index (χ2v) is 6.80. The highest BCUT2D eigenvalue weighted by molar-refractivity contribution is 5.94. The summed E-state index contributed by atoms with van der Waals surface area (Å²) in [5, 5.41) is 7.58. The van der Waals surface area contributed by atoms with Gasteiger partial charge in [-0.2, -0.15) is 5.10 Å². The molecule has 1 aliphatic heterocycles. The Morgan fingerprint density at radius 2 is 2.00 bits per heavy atom. The van der Waals surface area contributed by atoms with E-state index in [-0.39, 0.29) is 11.8 Å². The number of nitrogens with one attached hydrogen (secondary N) is 1. The largest absolute Gasteiger partial charge is 0.497 e. The first-order valence-electron chi connectivity index (χ1n) is 9.33. The topological polar surface area (TPSA) is 65.4 Å². The number of amides is 1. The van der Waals surface area contributed by atoms with Gasteiger partial charge in [0, 0.05) is 29.5 Å². The second-order valence-electron chi connectivity index (χ2n) is 6.80. The highest BCUT2D eigenvalue weighted by Gasteiger charge is 2.32. The van der Waals surface area contributed by atoms with E-state index in [1.165, 1.54) is 5.56 Å². The number of aromatic nitrogens is 2. The highest BCUT2D eigenvalue weighted by atomic mass is 16.5. The van der Waals surface area contributed by atoms with E-state index < -0.39 is 0 Å². The van der Waals surface area contributed by atoms with E-state index in [4.69, 9.17) is 9.47 Å². The number of fused-ring (bicyclic) bond motifs is 1. The van der Waals surface area contributed by atoms with Crippen LogP contribution in [0.25, 0.3) is 5.69 Å². The van der Waals surface area contributed by atoms with Gasteiger partial charge in [-0.3, -0.25) is 4.79 Å². The molecule has 1 amide bonds. The SMILES string of the molecule is CCc1cccc(-n2ncc3c2NC(=O)CC3c2ccc(OC)cc2OC)c1. The van der Waals surface area contributed by atoms with Crippen LogP contribution in [0.5, 0.6) is 11.5 Å². The van der Waals surface area contributed by atoms with Crippen LogP contribution in [0.2, 0.25) is 0 Å². The molecule has 28 heavy (non-hydrogen) atoms. The van der Waals surface area contributed by atoms with E-state index in [9.17, 15) is 4.79 Å². The molecule has 1 atom stereocenters. The lowest BCUT2D eigenvalue weighted by molar-refractivity contribution is -0.116. The van der Waals surface area contributed by atoms with Crippen LogP contribution in [-0.2, 0) is 11.2 Å². The lowest BCUT2D eigenvalue weighted by Gasteiger charge is -2.25. The molecule has 0 saturated heterocycles. The number of carbonyl (C=O) groups is 1. The molecule has 0 aliphatic carbocycles. The van der Waals surface area contributed by atoms with Crippen LogP contribution in [0.1, 0.15) is 36.0 Å². The molecule has 3 aromatic rings. The summed E-state index contributed by atoms with van der Waals surface area (Å²) in [5.74, 6) is 1.96. The van der Waals surface area contributed by atoms with E-state index in [0.29, 0.717) is 23.7 Å². The third kappa shape index (κ3) is 3.11. The van der Waals surface area contributed by atoms with Crippen molar-refractivity contribution in [3.05, 3.63) is 65.4 Å². The summed E-state index contributed by atoms with van der Waals surface area (Å²) >= 11 is 0. The number of aryl methyl sites for hydroxylation is 1. The number of benzene rings is 2. The monoisotopic (exact) mass is 377 g/mol. The molecule has 1 N–H and O–H groups in total. The molecule has 6 heteroatoms. The standard InChI is InChI=1S/C22H23N3O3/c1-4-14-6-5-7-15(10-14)25-22-19(13-23-25)18(12-21(26)24-22)17-9-8-16(27-2)11-20(17)28-3/h5-11,13,18H,4,12H2,1-3H3,(H,24,26). The van der Waals surface area contributed by atoms with Gasteiger partial charge in [0.1, 0.15) is 17.3 Å². The Morgan fingerprint density at radius 3 is 2.75 bits per heavy atom. The normalized spacial score (nSPS) is 15.7. The Labute approximate surface area is 164 Å². The number of nitrogens with zero attached hydrogens (tertiary/aromatic N) is 2. The summed E-state index contributed by atoms with van der Waals surface area (Å²) in [6.45, 7) is 2.12. The van der Waals surface area contributed by atoms with Gasteiger partial charge in [0.15, 0.2) is 0 Å². The summed E-state index contributed by atoms with van der Waals surface area (Å²) in [6, 6.07) is 13.9. The molecular weight excluding hydrogens is 354 g/mol. The third-order valence-corrected chi connectivity index (χ3v) is 5.20. The fourth-order valence-corrected chi connectivity index (χ4v) is 3.71. The van der Waals surface area contributed by atoms with Crippen LogP contribution < -0.4 is 14.8 Å². The zero-order valence-corrected chi connectivity index (χ0v) is 16.2. The van der Waals surface area contributed by atoms with Gasteiger partial charge < -0.3 is 14.8 Å². The minimum absolute atomic E-state index is 0.0382. The summed E-state index contributed by atoms with van der Waals surface area (Å²) in [5.41, 5.74) is 4.08. The number of ether oxygens (including phenoxy) is 2. The fraction of sp³-hybridized carbons (Fsp3) is 0.273. The minimum Gasteiger partial charge on any atom is -0.497 e. The van der Waals surface area contributed by atoms with Crippen LogP contribution in [0.4, 0.5) is 5.82 Å². The average Bonchev–Trinajstić information content (AvgIpc) is 3.16. The van der Waals surface area contributed by atoms with E-state index in [1.54, 1.807) is 18.9 Å². The first kappa shape index (κ1) is 18.1. The van der Waals surface area contributed by atoms with Gasteiger partial charge in [0.2, 0.25) is 5.91 Å². The van der Waals surface area contributed by atoms with Crippen molar-refractivity contribution in [2.45, 2.75) is 25.7 Å². The van der Waals surface area contributed by atoms with Gasteiger partial charge in [-0.05, 0) is 30.2 Å². The predicted octanol–water partition coefficient (Wildman–Crippen LogP) is 3.93. The zero-order valence-electron chi connectivity index (χ0n) is 16.2. The Morgan fingerprint density at radius 1 is 1.14 bits per heavy atom. The molecule has 144 valence electrons. The summed E-state index contributed by atoms with van der Waals surface area (Å²) in [7, 11) is 3.25. The molecule has 2 heterocycles. The van der Waals surface area contributed by atoms with Crippen molar-refractivity contribution in [3.8, 4) is 17.2 Å². The van der Waals surface area contributed by atoms with Gasteiger partial charge in [-0.15, -0.1) is 0 Å². The van der Waals surface area contributed by atoms with Gasteiger partial charge in [0.05, 0.1) is 26.1 Å². The van der Waals surface area contributed by atoms with E-state index in [0.717, 1.165) is 23.2 Å². The molecule has 0 spiro atoms.